The molecule has 0 fully saturated rings. The quantitative estimate of drug-likeness (QED) is 0.812. The third-order valence-corrected chi connectivity index (χ3v) is 2.54. The molecule has 0 aliphatic heterocycles. The molecular formula is C10H13BrFN. The van der Waals surface area contributed by atoms with Crippen LogP contribution >= 0.6 is 15.9 Å². The summed E-state index contributed by atoms with van der Waals surface area (Å²) in [6, 6.07) is 5.38. The molecule has 2 N–H and O–H groups in total. The zero-order chi connectivity index (χ0) is 9.68. The molecule has 0 aliphatic rings. The number of nitrogens with two attached hydrogens (primary N) is 1. The van der Waals surface area contributed by atoms with Crippen LogP contribution in [0, 0.1) is 5.82 Å². The van der Waals surface area contributed by atoms with Gasteiger partial charge in [0.2, 0.25) is 0 Å². The lowest BCUT2D eigenvalue weighted by atomic mass is 10.1. The number of unbranched alkanes of at least 4 members (excludes halogenated alkanes) is 1. The molecule has 3 heteroatoms. The monoisotopic (exact) mass is 245 g/mol. The Labute approximate surface area is 86.3 Å². The van der Waals surface area contributed by atoms with Gasteiger partial charge in [-0.05, 0) is 53.4 Å². The first kappa shape index (κ1) is 10.7. The van der Waals surface area contributed by atoms with Gasteiger partial charge in [-0.15, -0.1) is 0 Å². The van der Waals surface area contributed by atoms with Crippen molar-refractivity contribution >= 4 is 15.9 Å². The Hall–Kier alpha value is -0.410. The van der Waals surface area contributed by atoms with Gasteiger partial charge in [0.05, 0.1) is 4.47 Å². The molecule has 1 aromatic rings. The lowest BCUT2D eigenvalue weighted by molar-refractivity contribution is 0.595. The maximum absolute atomic E-state index is 13.4. The predicted octanol–water partition coefficient (Wildman–Crippen LogP) is 2.87. The first-order valence-electron chi connectivity index (χ1n) is 4.38. The van der Waals surface area contributed by atoms with Gasteiger partial charge in [0.1, 0.15) is 5.82 Å². The minimum absolute atomic E-state index is 0.139. The molecule has 0 saturated carbocycles. The summed E-state index contributed by atoms with van der Waals surface area (Å²) in [5.74, 6) is -0.139. The molecule has 0 heterocycles. The zero-order valence-corrected chi connectivity index (χ0v) is 8.98. The van der Waals surface area contributed by atoms with Crippen LogP contribution in [-0.4, -0.2) is 6.54 Å². The minimum atomic E-state index is -0.139. The second kappa shape index (κ2) is 5.35. The highest BCUT2D eigenvalue weighted by molar-refractivity contribution is 9.10. The van der Waals surface area contributed by atoms with E-state index in [0.717, 1.165) is 24.8 Å². The second-order valence-corrected chi connectivity index (χ2v) is 3.81. The van der Waals surface area contributed by atoms with Gasteiger partial charge in [-0.3, -0.25) is 0 Å². The SMILES string of the molecule is NCCCCc1cccc(Br)c1F. The first-order chi connectivity index (χ1) is 6.25. The molecule has 0 atom stereocenters. The Morgan fingerprint density at radius 1 is 1.31 bits per heavy atom. The average molecular weight is 246 g/mol. The summed E-state index contributed by atoms with van der Waals surface area (Å²) < 4.78 is 13.9. The molecule has 1 rings (SSSR count). The molecular weight excluding hydrogens is 233 g/mol. The number of aryl methyl sites for hydroxylation is 1. The van der Waals surface area contributed by atoms with Gasteiger partial charge in [0, 0.05) is 0 Å². The zero-order valence-electron chi connectivity index (χ0n) is 7.39. The summed E-state index contributed by atoms with van der Waals surface area (Å²) in [5, 5.41) is 0. The van der Waals surface area contributed by atoms with Crippen molar-refractivity contribution in [2.75, 3.05) is 6.54 Å². The number of hydrogen-bond acceptors (Lipinski definition) is 1. The maximum Gasteiger partial charge on any atom is 0.140 e. The number of hydrogen-bond donors (Lipinski definition) is 1. The lowest BCUT2D eigenvalue weighted by Crippen LogP contribution is -2.00. The van der Waals surface area contributed by atoms with Crippen LogP contribution in [0.4, 0.5) is 4.39 Å². The van der Waals surface area contributed by atoms with Gasteiger partial charge in [-0.2, -0.15) is 0 Å². The third-order valence-electron chi connectivity index (χ3n) is 1.93. The smallest absolute Gasteiger partial charge is 0.140 e. The largest absolute Gasteiger partial charge is 0.330 e. The van der Waals surface area contributed by atoms with Crippen molar-refractivity contribution < 1.29 is 4.39 Å². The molecule has 0 aliphatic carbocycles. The Morgan fingerprint density at radius 2 is 2.08 bits per heavy atom. The molecule has 0 radical (unpaired) electrons. The van der Waals surface area contributed by atoms with Crippen LogP contribution in [0.5, 0.6) is 0 Å². The average Bonchev–Trinajstić information content (AvgIpc) is 2.13. The molecule has 0 saturated heterocycles. The van der Waals surface area contributed by atoms with Gasteiger partial charge in [-0.25, -0.2) is 4.39 Å². The summed E-state index contributed by atoms with van der Waals surface area (Å²) in [6.45, 7) is 0.676. The highest BCUT2D eigenvalue weighted by Crippen LogP contribution is 2.19. The predicted molar refractivity (Wildman–Crippen MR) is 56.1 cm³/mol. The van der Waals surface area contributed by atoms with E-state index in [4.69, 9.17) is 5.73 Å². The molecule has 0 bridgehead atoms. The first-order valence-corrected chi connectivity index (χ1v) is 5.18. The van der Waals surface area contributed by atoms with Crippen LogP contribution in [0.15, 0.2) is 22.7 Å². The van der Waals surface area contributed by atoms with Crippen LogP contribution in [-0.2, 0) is 6.42 Å². The fourth-order valence-electron chi connectivity index (χ4n) is 1.20. The van der Waals surface area contributed by atoms with Crippen LogP contribution < -0.4 is 5.73 Å². The summed E-state index contributed by atoms with van der Waals surface area (Å²) in [6.07, 6.45) is 2.66. The summed E-state index contributed by atoms with van der Waals surface area (Å²) >= 11 is 3.16. The van der Waals surface area contributed by atoms with Gasteiger partial charge in [-0.1, -0.05) is 12.1 Å². The van der Waals surface area contributed by atoms with Crippen LogP contribution in [0.25, 0.3) is 0 Å². The Balaban J connectivity index is 2.61. The molecule has 0 aromatic heterocycles. The van der Waals surface area contributed by atoms with Crippen molar-refractivity contribution in [3.05, 3.63) is 34.1 Å². The number of benzene rings is 1. The van der Waals surface area contributed by atoms with Crippen molar-refractivity contribution in [3.63, 3.8) is 0 Å². The highest BCUT2D eigenvalue weighted by Gasteiger charge is 2.04. The van der Waals surface area contributed by atoms with Crippen LogP contribution in [0.3, 0.4) is 0 Å². The number of halogens is 2. The van der Waals surface area contributed by atoms with E-state index in [0.29, 0.717) is 11.0 Å². The molecule has 1 nitrogen and oxygen atoms in total. The van der Waals surface area contributed by atoms with Gasteiger partial charge in [0.25, 0.3) is 0 Å². The van der Waals surface area contributed by atoms with E-state index in [1.165, 1.54) is 0 Å². The van der Waals surface area contributed by atoms with E-state index in [2.05, 4.69) is 15.9 Å². The topological polar surface area (TPSA) is 26.0 Å². The van der Waals surface area contributed by atoms with E-state index >= 15 is 0 Å². The highest BCUT2D eigenvalue weighted by atomic mass is 79.9. The maximum atomic E-state index is 13.4. The van der Waals surface area contributed by atoms with E-state index in [-0.39, 0.29) is 5.82 Å². The van der Waals surface area contributed by atoms with E-state index in [9.17, 15) is 4.39 Å². The molecule has 72 valence electrons. The van der Waals surface area contributed by atoms with Crippen LogP contribution in [0.1, 0.15) is 18.4 Å². The summed E-state index contributed by atoms with van der Waals surface area (Å²) in [7, 11) is 0. The van der Waals surface area contributed by atoms with Crippen LogP contribution in [0.2, 0.25) is 0 Å². The van der Waals surface area contributed by atoms with E-state index in [1.807, 2.05) is 12.1 Å². The molecule has 0 spiro atoms. The van der Waals surface area contributed by atoms with Crippen molar-refractivity contribution in [1.29, 1.82) is 0 Å². The number of rotatable bonds is 4. The minimum Gasteiger partial charge on any atom is -0.330 e. The lowest BCUT2D eigenvalue weighted by Gasteiger charge is -2.03. The van der Waals surface area contributed by atoms with Crippen molar-refractivity contribution in [2.45, 2.75) is 19.3 Å². The van der Waals surface area contributed by atoms with Gasteiger partial charge >= 0.3 is 0 Å². The third kappa shape index (κ3) is 3.08. The van der Waals surface area contributed by atoms with Crippen molar-refractivity contribution in [1.82, 2.24) is 0 Å². The second-order valence-electron chi connectivity index (χ2n) is 2.96. The Morgan fingerprint density at radius 3 is 2.77 bits per heavy atom. The summed E-state index contributed by atoms with van der Waals surface area (Å²) in [4.78, 5) is 0. The summed E-state index contributed by atoms with van der Waals surface area (Å²) in [5.41, 5.74) is 6.12. The molecule has 0 amide bonds. The molecule has 13 heavy (non-hydrogen) atoms. The standard InChI is InChI=1S/C10H13BrFN/c11-9-6-3-5-8(10(9)12)4-1-2-7-13/h3,5-6H,1-2,4,7,13H2. The molecule has 1 aromatic carbocycles. The van der Waals surface area contributed by atoms with Gasteiger partial charge < -0.3 is 5.73 Å². The van der Waals surface area contributed by atoms with Crippen molar-refractivity contribution in [2.24, 2.45) is 5.73 Å². The Bertz CT molecular complexity index is 276. The Kier molecular flexibility index (Phi) is 4.39. The fourth-order valence-corrected chi connectivity index (χ4v) is 1.61. The van der Waals surface area contributed by atoms with E-state index < -0.39 is 0 Å². The fraction of sp³-hybridized carbons (Fsp3) is 0.400. The van der Waals surface area contributed by atoms with Crippen molar-refractivity contribution in [3.8, 4) is 0 Å². The van der Waals surface area contributed by atoms with E-state index in [1.54, 1.807) is 6.07 Å². The molecule has 0 unspecified atom stereocenters. The van der Waals surface area contributed by atoms with Gasteiger partial charge in [0.15, 0.2) is 0 Å². The normalized spacial score (nSPS) is 10.4.